The molecule has 0 bridgehead atoms. The molecule has 6 heteroatoms. The summed E-state index contributed by atoms with van der Waals surface area (Å²) in [5.74, 6) is -0.322. The number of nitrogen functional groups attached to an aromatic ring is 1. The molecule has 5 N–H and O–H groups in total. The summed E-state index contributed by atoms with van der Waals surface area (Å²) >= 11 is 0. The van der Waals surface area contributed by atoms with Crippen LogP contribution in [0.15, 0.2) is 18.2 Å². The topological polar surface area (TPSA) is 101 Å². The van der Waals surface area contributed by atoms with Gasteiger partial charge in [-0.1, -0.05) is 26.0 Å². The Morgan fingerprint density at radius 3 is 2.48 bits per heavy atom. The maximum absolute atomic E-state index is 12.1. The largest absolute Gasteiger partial charge is 0.397 e. The minimum Gasteiger partial charge on any atom is -0.397 e. The van der Waals surface area contributed by atoms with E-state index < -0.39 is 5.91 Å². The molecule has 0 aliphatic rings. The van der Waals surface area contributed by atoms with Gasteiger partial charge in [0.2, 0.25) is 11.8 Å². The van der Waals surface area contributed by atoms with Crippen molar-refractivity contribution in [3.63, 3.8) is 0 Å². The van der Waals surface area contributed by atoms with Crippen molar-refractivity contribution in [1.82, 2.24) is 4.90 Å². The van der Waals surface area contributed by atoms with Crippen LogP contribution in [-0.4, -0.2) is 36.3 Å². The summed E-state index contributed by atoms with van der Waals surface area (Å²) in [4.78, 5) is 24.9. The molecule has 2 amide bonds. The third-order valence-electron chi connectivity index (χ3n) is 2.94. The number of aryl methyl sites for hydroxylation is 1. The average molecular weight is 292 g/mol. The normalized spacial score (nSPS) is 10.9. The maximum Gasteiger partial charge on any atom is 0.238 e. The number of primary amides is 1. The van der Waals surface area contributed by atoms with Gasteiger partial charge in [0, 0.05) is 6.54 Å². The van der Waals surface area contributed by atoms with E-state index in [1.165, 1.54) is 0 Å². The summed E-state index contributed by atoms with van der Waals surface area (Å²) in [5, 5.41) is 2.80. The van der Waals surface area contributed by atoms with Gasteiger partial charge < -0.3 is 16.8 Å². The van der Waals surface area contributed by atoms with Gasteiger partial charge in [-0.3, -0.25) is 14.5 Å². The first-order valence-electron chi connectivity index (χ1n) is 6.95. The first-order valence-corrected chi connectivity index (χ1v) is 6.95. The minimum atomic E-state index is -0.446. The second kappa shape index (κ2) is 7.64. The van der Waals surface area contributed by atoms with E-state index in [1.807, 2.05) is 32.9 Å². The second-order valence-corrected chi connectivity index (χ2v) is 5.62. The SMILES string of the molecule is Cc1cccc(N)c1NC(=O)CN(CC(N)=O)CC(C)C. The first kappa shape index (κ1) is 17.0. The summed E-state index contributed by atoms with van der Waals surface area (Å²) in [6, 6.07) is 5.44. The van der Waals surface area contributed by atoms with E-state index in [2.05, 4.69) is 5.32 Å². The van der Waals surface area contributed by atoms with E-state index in [0.29, 0.717) is 23.8 Å². The van der Waals surface area contributed by atoms with Gasteiger partial charge in [-0.05, 0) is 24.5 Å². The fraction of sp³-hybridized carbons (Fsp3) is 0.467. The molecule has 0 heterocycles. The highest BCUT2D eigenvalue weighted by molar-refractivity contribution is 5.96. The van der Waals surface area contributed by atoms with Crippen molar-refractivity contribution < 1.29 is 9.59 Å². The van der Waals surface area contributed by atoms with Crippen LogP contribution in [0.4, 0.5) is 11.4 Å². The number of rotatable bonds is 7. The number of anilines is 2. The Bertz CT molecular complexity index is 494. The number of para-hydroxylation sites is 1. The Morgan fingerprint density at radius 2 is 1.95 bits per heavy atom. The molecule has 0 aliphatic heterocycles. The lowest BCUT2D eigenvalue weighted by molar-refractivity contribution is -0.121. The Morgan fingerprint density at radius 1 is 1.29 bits per heavy atom. The lowest BCUT2D eigenvalue weighted by Gasteiger charge is -2.22. The second-order valence-electron chi connectivity index (χ2n) is 5.62. The Kier molecular flexibility index (Phi) is 6.17. The number of benzene rings is 1. The van der Waals surface area contributed by atoms with Gasteiger partial charge >= 0.3 is 0 Å². The van der Waals surface area contributed by atoms with Gasteiger partial charge in [-0.15, -0.1) is 0 Å². The molecule has 0 spiro atoms. The molecule has 6 nitrogen and oxygen atoms in total. The van der Waals surface area contributed by atoms with Crippen molar-refractivity contribution in [2.45, 2.75) is 20.8 Å². The quantitative estimate of drug-likeness (QED) is 0.651. The van der Waals surface area contributed by atoms with Crippen molar-refractivity contribution in [2.24, 2.45) is 11.7 Å². The highest BCUT2D eigenvalue weighted by Gasteiger charge is 2.15. The van der Waals surface area contributed by atoms with Crippen LogP contribution in [0.3, 0.4) is 0 Å². The van der Waals surface area contributed by atoms with Gasteiger partial charge in [0.25, 0.3) is 0 Å². The number of nitrogens with two attached hydrogens (primary N) is 2. The van der Waals surface area contributed by atoms with E-state index in [1.54, 1.807) is 11.0 Å². The Hall–Kier alpha value is -2.08. The van der Waals surface area contributed by atoms with Crippen LogP contribution in [0, 0.1) is 12.8 Å². The molecular weight excluding hydrogens is 268 g/mol. The van der Waals surface area contributed by atoms with Crippen LogP contribution >= 0.6 is 0 Å². The first-order chi connectivity index (χ1) is 9.79. The smallest absolute Gasteiger partial charge is 0.238 e. The molecule has 0 aromatic heterocycles. The summed E-state index contributed by atoms with van der Waals surface area (Å²) in [7, 11) is 0. The summed E-state index contributed by atoms with van der Waals surface area (Å²) in [6.07, 6.45) is 0. The number of carbonyl (C=O) groups excluding carboxylic acids is 2. The van der Waals surface area contributed by atoms with Crippen LogP contribution in [0.1, 0.15) is 19.4 Å². The van der Waals surface area contributed by atoms with Gasteiger partial charge in [0.05, 0.1) is 24.5 Å². The van der Waals surface area contributed by atoms with Crippen LogP contribution < -0.4 is 16.8 Å². The van der Waals surface area contributed by atoms with Crippen molar-refractivity contribution >= 4 is 23.2 Å². The van der Waals surface area contributed by atoms with Gasteiger partial charge in [0.1, 0.15) is 0 Å². The van der Waals surface area contributed by atoms with E-state index in [0.717, 1.165) is 5.56 Å². The Labute approximate surface area is 125 Å². The van der Waals surface area contributed by atoms with Crippen molar-refractivity contribution in [3.8, 4) is 0 Å². The van der Waals surface area contributed by atoms with Crippen LogP contribution in [0.2, 0.25) is 0 Å². The summed E-state index contributed by atoms with van der Waals surface area (Å²) in [5.41, 5.74) is 13.1. The third-order valence-corrected chi connectivity index (χ3v) is 2.94. The fourth-order valence-corrected chi connectivity index (χ4v) is 2.17. The van der Waals surface area contributed by atoms with Crippen molar-refractivity contribution in [1.29, 1.82) is 0 Å². The minimum absolute atomic E-state index is 0.0643. The Balaban J connectivity index is 2.71. The summed E-state index contributed by atoms with van der Waals surface area (Å²) in [6.45, 7) is 6.71. The van der Waals surface area contributed by atoms with Crippen LogP contribution in [0.5, 0.6) is 0 Å². The summed E-state index contributed by atoms with van der Waals surface area (Å²) < 4.78 is 0. The van der Waals surface area contributed by atoms with Gasteiger partial charge in [-0.2, -0.15) is 0 Å². The lowest BCUT2D eigenvalue weighted by Crippen LogP contribution is -2.41. The maximum atomic E-state index is 12.1. The van der Waals surface area contributed by atoms with E-state index in [9.17, 15) is 9.59 Å². The number of nitrogens with one attached hydrogen (secondary N) is 1. The molecular formula is C15H24N4O2. The van der Waals surface area contributed by atoms with Crippen molar-refractivity contribution in [3.05, 3.63) is 23.8 Å². The molecule has 21 heavy (non-hydrogen) atoms. The van der Waals surface area contributed by atoms with E-state index in [-0.39, 0.29) is 19.0 Å². The number of carbonyl (C=O) groups is 2. The molecule has 0 fully saturated rings. The average Bonchev–Trinajstić information content (AvgIpc) is 2.32. The molecule has 1 rings (SSSR count). The lowest BCUT2D eigenvalue weighted by atomic mass is 10.1. The molecule has 1 aromatic carbocycles. The van der Waals surface area contributed by atoms with E-state index in [4.69, 9.17) is 11.5 Å². The van der Waals surface area contributed by atoms with E-state index >= 15 is 0 Å². The number of amides is 2. The zero-order chi connectivity index (χ0) is 16.0. The zero-order valence-corrected chi connectivity index (χ0v) is 12.8. The highest BCUT2D eigenvalue weighted by atomic mass is 16.2. The molecule has 0 radical (unpaired) electrons. The standard InChI is InChI=1S/C15H24N4O2/c1-10(2)7-19(8-13(17)20)9-14(21)18-15-11(3)5-4-6-12(15)16/h4-6,10H,7-9,16H2,1-3H3,(H2,17,20)(H,18,21). The number of hydrogen-bond donors (Lipinski definition) is 3. The zero-order valence-electron chi connectivity index (χ0n) is 12.8. The monoisotopic (exact) mass is 292 g/mol. The number of nitrogens with zero attached hydrogens (tertiary/aromatic N) is 1. The predicted octanol–water partition coefficient (Wildman–Crippen LogP) is 0.959. The molecule has 0 aliphatic carbocycles. The van der Waals surface area contributed by atoms with Gasteiger partial charge in [0.15, 0.2) is 0 Å². The number of hydrogen-bond acceptors (Lipinski definition) is 4. The highest BCUT2D eigenvalue weighted by Crippen LogP contribution is 2.22. The molecule has 0 saturated carbocycles. The third kappa shape index (κ3) is 5.83. The molecule has 0 atom stereocenters. The molecule has 116 valence electrons. The van der Waals surface area contributed by atoms with Crippen molar-refractivity contribution in [2.75, 3.05) is 30.7 Å². The molecule has 1 aromatic rings. The fourth-order valence-electron chi connectivity index (χ4n) is 2.17. The van der Waals surface area contributed by atoms with Gasteiger partial charge in [-0.25, -0.2) is 0 Å². The molecule has 0 saturated heterocycles. The predicted molar refractivity (Wildman–Crippen MR) is 84.7 cm³/mol. The van der Waals surface area contributed by atoms with Crippen LogP contribution in [-0.2, 0) is 9.59 Å². The van der Waals surface area contributed by atoms with Crippen LogP contribution in [0.25, 0.3) is 0 Å². The molecule has 0 unspecified atom stereocenters.